The van der Waals surface area contributed by atoms with Crippen molar-refractivity contribution < 1.29 is 19.2 Å². The van der Waals surface area contributed by atoms with Gasteiger partial charge in [-0.1, -0.05) is 5.21 Å². The van der Waals surface area contributed by atoms with Gasteiger partial charge in [0.1, 0.15) is 5.60 Å². The molecule has 1 aromatic heterocycles. The van der Waals surface area contributed by atoms with E-state index in [0.29, 0.717) is 13.1 Å². The van der Waals surface area contributed by atoms with E-state index < -0.39 is 5.60 Å². The Kier molecular flexibility index (Phi) is 5.43. The van der Waals surface area contributed by atoms with Crippen molar-refractivity contribution in [2.75, 3.05) is 27.2 Å². The summed E-state index contributed by atoms with van der Waals surface area (Å²) < 4.78 is 7.05. The van der Waals surface area contributed by atoms with Gasteiger partial charge in [0, 0.05) is 20.1 Å². The summed E-state index contributed by atoms with van der Waals surface area (Å²) in [5.74, 6) is -0.372. The topological polar surface area (TPSA) is 89.8 Å². The standard InChI is InChI=1S/C15H25N5O4/c1-15(2,3)24-14(22)19-8-6-7-11(9-19)20-10-12(16-17-20)13(21)18(4)23-5/h10-11H,6-9H2,1-5H3. The molecule has 1 unspecified atom stereocenters. The molecule has 1 aromatic rings. The summed E-state index contributed by atoms with van der Waals surface area (Å²) >= 11 is 0. The molecule has 1 aliphatic heterocycles. The Balaban J connectivity index is 2.04. The zero-order valence-electron chi connectivity index (χ0n) is 14.9. The highest BCUT2D eigenvalue weighted by Crippen LogP contribution is 2.22. The van der Waals surface area contributed by atoms with Crippen molar-refractivity contribution >= 4 is 12.0 Å². The van der Waals surface area contributed by atoms with Crippen LogP contribution in [0.1, 0.15) is 50.1 Å². The molecule has 9 nitrogen and oxygen atoms in total. The molecule has 2 amide bonds. The number of hydroxylamine groups is 2. The van der Waals surface area contributed by atoms with E-state index in [1.165, 1.54) is 14.2 Å². The van der Waals surface area contributed by atoms with Gasteiger partial charge in [0.05, 0.1) is 19.3 Å². The molecule has 0 aliphatic carbocycles. The molecule has 0 spiro atoms. The van der Waals surface area contributed by atoms with Gasteiger partial charge >= 0.3 is 6.09 Å². The molecular formula is C15H25N5O4. The van der Waals surface area contributed by atoms with Gasteiger partial charge in [0.15, 0.2) is 5.69 Å². The highest BCUT2D eigenvalue weighted by Gasteiger charge is 2.29. The van der Waals surface area contributed by atoms with Gasteiger partial charge in [0.25, 0.3) is 5.91 Å². The van der Waals surface area contributed by atoms with Gasteiger partial charge in [-0.3, -0.25) is 9.63 Å². The number of amides is 2. The van der Waals surface area contributed by atoms with E-state index in [1.807, 2.05) is 20.8 Å². The average Bonchev–Trinajstić information content (AvgIpc) is 3.02. The summed E-state index contributed by atoms with van der Waals surface area (Å²) in [6, 6.07) is -0.0341. The van der Waals surface area contributed by atoms with Crippen LogP contribution >= 0.6 is 0 Å². The summed E-state index contributed by atoms with van der Waals surface area (Å²) in [4.78, 5) is 30.7. The van der Waals surface area contributed by atoms with E-state index in [1.54, 1.807) is 15.8 Å². The van der Waals surface area contributed by atoms with Crippen molar-refractivity contribution in [1.29, 1.82) is 0 Å². The van der Waals surface area contributed by atoms with E-state index in [4.69, 9.17) is 9.57 Å². The molecule has 2 rings (SSSR count). The predicted molar refractivity (Wildman–Crippen MR) is 85.2 cm³/mol. The summed E-state index contributed by atoms with van der Waals surface area (Å²) in [6.45, 7) is 6.65. The van der Waals surface area contributed by atoms with Crippen LogP contribution < -0.4 is 0 Å². The highest BCUT2D eigenvalue weighted by molar-refractivity contribution is 5.90. The maximum absolute atomic E-state index is 12.2. The van der Waals surface area contributed by atoms with E-state index in [9.17, 15) is 9.59 Å². The van der Waals surface area contributed by atoms with Crippen LogP contribution in [0.25, 0.3) is 0 Å². The zero-order chi connectivity index (χ0) is 17.9. The SMILES string of the molecule is CON(C)C(=O)c1cn(C2CCCN(C(=O)OC(C)(C)C)C2)nn1. The van der Waals surface area contributed by atoms with E-state index >= 15 is 0 Å². The lowest BCUT2D eigenvalue weighted by molar-refractivity contribution is -0.0760. The fourth-order valence-corrected chi connectivity index (χ4v) is 2.46. The van der Waals surface area contributed by atoms with E-state index in [0.717, 1.165) is 17.9 Å². The molecule has 0 radical (unpaired) electrons. The van der Waals surface area contributed by atoms with Crippen LogP contribution in [0.3, 0.4) is 0 Å². The molecule has 24 heavy (non-hydrogen) atoms. The Morgan fingerprint density at radius 2 is 2.08 bits per heavy atom. The van der Waals surface area contributed by atoms with E-state index in [2.05, 4.69) is 10.3 Å². The van der Waals surface area contributed by atoms with Gasteiger partial charge in [-0.2, -0.15) is 0 Å². The van der Waals surface area contributed by atoms with Gasteiger partial charge in [-0.15, -0.1) is 5.10 Å². The summed E-state index contributed by atoms with van der Waals surface area (Å²) in [5, 5.41) is 9.01. The van der Waals surface area contributed by atoms with Crippen LogP contribution in [0.4, 0.5) is 4.79 Å². The number of piperidine rings is 1. The van der Waals surface area contributed by atoms with Crippen molar-refractivity contribution in [3.8, 4) is 0 Å². The quantitative estimate of drug-likeness (QED) is 0.775. The minimum absolute atomic E-state index is 0.0341. The minimum atomic E-state index is -0.526. The number of hydrogen-bond donors (Lipinski definition) is 0. The Labute approximate surface area is 141 Å². The molecule has 1 saturated heterocycles. The first-order valence-corrected chi connectivity index (χ1v) is 7.93. The van der Waals surface area contributed by atoms with E-state index in [-0.39, 0.29) is 23.7 Å². The van der Waals surface area contributed by atoms with Crippen molar-refractivity contribution in [1.82, 2.24) is 25.0 Å². The number of ether oxygens (including phenoxy) is 1. The van der Waals surface area contributed by atoms with Crippen molar-refractivity contribution in [2.24, 2.45) is 0 Å². The first kappa shape index (κ1) is 18.2. The summed E-state index contributed by atoms with van der Waals surface area (Å²) in [7, 11) is 2.91. The molecule has 0 saturated carbocycles. The lowest BCUT2D eigenvalue weighted by atomic mass is 10.1. The van der Waals surface area contributed by atoms with Crippen LogP contribution in [0.2, 0.25) is 0 Å². The number of nitrogens with zero attached hydrogens (tertiary/aromatic N) is 5. The number of hydrogen-bond acceptors (Lipinski definition) is 6. The van der Waals surface area contributed by atoms with Gasteiger partial charge < -0.3 is 9.64 Å². The molecule has 0 bridgehead atoms. The molecule has 2 heterocycles. The lowest BCUT2D eigenvalue weighted by Crippen LogP contribution is -2.43. The second-order valence-corrected chi connectivity index (χ2v) is 6.79. The maximum atomic E-state index is 12.2. The van der Waals surface area contributed by atoms with Crippen molar-refractivity contribution in [2.45, 2.75) is 45.3 Å². The third-order valence-corrected chi connectivity index (χ3v) is 3.71. The normalized spacial score (nSPS) is 18.4. The lowest BCUT2D eigenvalue weighted by Gasteiger charge is -2.33. The van der Waals surface area contributed by atoms with Crippen LogP contribution in [0.5, 0.6) is 0 Å². The maximum Gasteiger partial charge on any atom is 0.410 e. The number of carbonyl (C=O) groups is 2. The highest BCUT2D eigenvalue weighted by atomic mass is 16.7. The largest absolute Gasteiger partial charge is 0.444 e. The Morgan fingerprint density at radius 3 is 2.71 bits per heavy atom. The first-order valence-electron chi connectivity index (χ1n) is 7.93. The Morgan fingerprint density at radius 1 is 1.38 bits per heavy atom. The molecule has 1 fully saturated rings. The molecule has 9 heteroatoms. The zero-order valence-corrected chi connectivity index (χ0v) is 14.9. The third kappa shape index (κ3) is 4.44. The van der Waals surface area contributed by atoms with Crippen molar-refractivity contribution in [3.05, 3.63) is 11.9 Å². The van der Waals surface area contributed by atoms with Gasteiger partial charge in [0.2, 0.25) is 0 Å². The average molecular weight is 339 g/mol. The number of aromatic nitrogens is 3. The van der Waals surface area contributed by atoms with Crippen molar-refractivity contribution in [3.63, 3.8) is 0 Å². The summed E-state index contributed by atoms with van der Waals surface area (Å²) in [5.41, 5.74) is -0.324. The fourth-order valence-electron chi connectivity index (χ4n) is 2.46. The molecule has 134 valence electrons. The van der Waals surface area contributed by atoms with Gasteiger partial charge in [-0.25, -0.2) is 14.5 Å². The third-order valence-electron chi connectivity index (χ3n) is 3.71. The summed E-state index contributed by atoms with van der Waals surface area (Å²) in [6.07, 6.45) is 2.95. The Hall–Kier alpha value is -2.16. The van der Waals surface area contributed by atoms with Gasteiger partial charge in [-0.05, 0) is 33.6 Å². The number of carbonyl (C=O) groups excluding carboxylic acids is 2. The monoisotopic (exact) mass is 339 g/mol. The number of rotatable bonds is 3. The van der Waals surface area contributed by atoms with Crippen LogP contribution in [-0.2, 0) is 9.57 Å². The number of likely N-dealkylation sites (tertiary alicyclic amines) is 1. The second kappa shape index (κ2) is 7.16. The molecule has 0 N–H and O–H groups in total. The molecular weight excluding hydrogens is 314 g/mol. The molecule has 0 aromatic carbocycles. The molecule has 1 aliphatic rings. The smallest absolute Gasteiger partial charge is 0.410 e. The second-order valence-electron chi connectivity index (χ2n) is 6.79. The van der Waals surface area contributed by atoms with Crippen LogP contribution in [0, 0.1) is 0 Å². The predicted octanol–water partition coefficient (Wildman–Crippen LogP) is 1.48. The minimum Gasteiger partial charge on any atom is -0.444 e. The van der Waals surface area contributed by atoms with Crippen LogP contribution in [-0.4, -0.2) is 69.8 Å². The Bertz CT molecular complexity index is 595. The fraction of sp³-hybridized carbons (Fsp3) is 0.733. The molecule has 1 atom stereocenters. The van der Waals surface area contributed by atoms with Crippen LogP contribution in [0.15, 0.2) is 6.20 Å². The first-order chi connectivity index (χ1) is 11.2.